The first-order valence-corrected chi connectivity index (χ1v) is 6.41. The number of aromatic nitrogens is 1. The van der Waals surface area contributed by atoms with E-state index in [2.05, 4.69) is 10.3 Å². The van der Waals surface area contributed by atoms with E-state index in [0.717, 1.165) is 9.88 Å². The van der Waals surface area contributed by atoms with Crippen LogP contribution in [0.5, 0.6) is 0 Å². The zero-order chi connectivity index (χ0) is 13.8. The summed E-state index contributed by atoms with van der Waals surface area (Å²) in [6.07, 6.45) is 1.76. The van der Waals surface area contributed by atoms with Crippen molar-refractivity contribution in [2.24, 2.45) is 0 Å². The normalized spacial score (nSPS) is 10.2. The molecule has 0 aliphatic heterocycles. The van der Waals surface area contributed by atoms with Gasteiger partial charge in [-0.05, 0) is 31.2 Å². The van der Waals surface area contributed by atoms with Crippen LogP contribution in [0.2, 0.25) is 0 Å². The van der Waals surface area contributed by atoms with Gasteiger partial charge in [0.1, 0.15) is 5.01 Å². The van der Waals surface area contributed by atoms with E-state index in [1.54, 1.807) is 6.20 Å². The number of rotatable bonds is 4. The highest BCUT2D eigenvalue weighted by Gasteiger charge is 2.08. The molecule has 0 radical (unpaired) electrons. The van der Waals surface area contributed by atoms with Gasteiger partial charge in [-0.3, -0.25) is 4.79 Å². The maximum absolute atomic E-state index is 11.8. The van der Waals surface area contributed by atoms with Crippen molar-refractivity contribution in [2.45, 2.75) is 13.5 Å². The Morgan fingerprint density at radius 2 is 1.89 bits per heavy atom. The Hall–Kier alpha value is -2.21. The lowest BCUT2D eigenvalue weighted by atomic mass is 10.1. The molecule has 1 heterocycles. The van der Waals surface area contributed by atoms with Crippen LogP contribution in [0.25, 0.3) is 0 Å². The highest BCUT2D eigenvalue weighted by molar-refractivity contribution is 7.11. The van der Waals surface area contributed by atoms with Crippen molar-refractivity contribution in [3.8, 4) is 0 Å². The van der Waals surface area contributed by atoms with Gasteiger partial charge in [0.25, 0.3) is 5.91 Å². The second-order valence-electron chi connectivity index (χ2n) is 3.93. The number of hydrogen-bond donors (Lipinski definition) is 2. The number of carbonyl (C=O) groups is 2. The smallest absolute Gasteiger partial charge is 0.335 e. The molecule has 6 heteroatoms. The van der Waals surface area contributed by atoms with E-state index in [1.807, 2.05) is 6.92 Å². The van der Waals surface area contributed by atoms with Gasteiger partial charge in [0.2, 0.25) is 0 Å². The number of carboxylic acids is 1. The third-order valence-corrected chi connectivity index (χ3v) is 3.38. The lowest BCUT2D eigenvalue weighted by Crippen LogP contribution is -2.22. The van der Waals surface area contributed by atoms with E-state index in [0.29, 0.717) is 12.1 Å². The summed E-state index contributed by atoms with van der Waals surface area (Å²) in [7, 11) is 0. The Morgan fingerprint density at radius 1 is 1.26 bits per heavy atom. The molecule has 0 spiro atoms. The van der Waals surface area contributed by atoms with Crippen molar-refractivity contribution < 1.29 is 14.7 Å². The Kier molecular flexibility index (Phi) is 3.91. The number of benzene rings is 1. The molecular weight excluding hydrogens is 264 g/mol. The van der Waals surface area contributed by atoms with Crippen LogP contribution < -0.4 is 5.32 Å². The fraction of sp³-hybridized carbons (Fsp3) is 0.154. The molecule has 0 bridgehead atoms. The maximum Gasteiger partial charge on any atom is 0.335 e. The summed E-state index contributed by atoms with van der Waals surface area (Å²) in [5, 5.41) is 12.3. The Balaban J connectivity index is 1.98. The largest absolute Gasteiger partial charge is 0.478 e. The number of hydrogen-bond acceptors (Lipinski definition) is 4. The van der Waals surface area contributed by atoms with Gasteiger partial charge in [-0.25, -0.2) is 9.78 Å². The molecular formula is C13H12N2O3S. The van der Waals surface area contributed by atoms with Crippen molar-refractivity contribution in [3.05, 3.63) is 51.5 Å². The first-order valence-electron chi connectivity index (χ1n) is 5.59. The highest BCUT2D eigenvalue weighted by Crippen LogP contribution is 2.11. The molecule has 0 saturated carbocycles. The summed E-state index contributed by atoms with van der Waals surface area (Å²) >= 11 is 1.53. The van der Waals surface area contributed by atoms with Gasteiger partial charge >= 0.3 is 5.97 Å². The number of nitrogens with zero attached hydrogens (tertiary/aromatic N) is 1. The molecule has 1 aromatic carbocycles. The van der Waals surface area contributed by atoms with E-state index in [4.69, 9.17) is 5.11 Å². The van der Waals surface area contributed by atoms with Crippen molar-refractivity contribution in [2.75, 3.05) is 0 Å². The second-order valence-corrected chi connectivity index (χ2v) is 5.25. The molecule has 2 N–H and O–H groups in total. The number of carbonyl (C=O) groups excluding carboxylic acids is 1. The molecule has 0 aliphatic carbocycles. The molecule has 2 aromatic rings. The summed E-state index contributed by atoms with van der Waals surface area (Å²) in [6, 6.07) is 5.80. The molecule has 2 rings (SSSR count). The average molecular weight is 276 g/mol. The van der Waals surface area contributed by atoms with E-state index in [9.17, 15) is 9.59 Å². The molecule has 1 aromatic heterocycles. The molecule has 1 amide bonds. The molecule has 0 saturated heterocycles. The van der Waals surface area contributed by atoms with E-state index in [1.165, 1.54) is 35.6 Å². The topological polar surface area (TPSA) is 79.3 Å². The molecule has 0 fully saturated rings. The second kappa shape index (κ2) is 5.62. The van der Waals surface area contributed by atoms with Crippen LogP contribution in [0, 0.1) is 6.92 Å². The van der Waals surface area contributed by atoms with Crippen LogP contribution in [0.1, 0.15) is 30.6 Å². The molecule has 98 valence electrons. The lowest BCUT2D eigenvalue weighted by Gasteiger charge is -2.03. The van der Waals surface area contributed by atoms with E-state index in [-0.39, 0.29) is 11.5 Å². The van der Waals surface area contributed by atoms with Gasteiger partial charge in [-0.1, -0.05) is 0 Å². The Morgan fingerprint density at radius 3 is 2.42 bits per heavy atom. The standard InChI is InChI=1S/C13H12N2O3S/c1-8-6-14-11(19-8)7-15-12(16)9-2-4-10(5-3-9)13(17)18/h2-6H,7H2,1H3,(H,15,16)(H,17,18). The number of nitrogens with one attached hydrogen (secondary N) is 1. The average Bonchev–Trinajstić information content (AvgIpc) is 2.82. The van der Waals surface area contributed by atoms with Crippen molar-refractivity contribution in [1.29, 1.82) is 0 Å². The zero-order valence-electron chi connectivity index (χ0n) is 10.2. The summed E-state index contributed by atoms with van der Waals surface area (Å²) in [4.78, 5) is 27.7. The van der Waals surface area contributed by atoms with Crippen molar-refractivity contribution >= 4 is 23.2 Å². The third-order valence-electron chi connectivity index (χ3n) is 2.46. The highest BCUT2D eigenvalue weighted by atomic mass is 32.1. The number of aromatic carboxylic acids is 1. The fourth-order valence-corrected chi connectivity index (χ4v) is 2.23. The lowest BCUT2D eigenvalue weighted by molar-refractivity contribution is 0.0696. The zero-order valence-corrected chi connectivity index (χ0v) is 11.0. The Bertz CT molecular complexity index is 605. The van der Waals surface area contributed by atoms with Crippen LogP contribution >= 0.6 is 11.3 Å². The first kappa shape index (κ1) is 13.2. The number of aryl methyl sites for hydroxylation is 1. The number of amides is 1. The molecule has 0 unspecified atom stereocenters. The van der Waals surface area contributed by atoms with E-state index < -0.39 is 5.97 Å². The fourth-order valence-electron chi connectivity index (χ4n) is 1.51. The summed E-state index contributed by atoms with van der Waals surface area (Å²) in [5.74, 6) is -1.25. The van der Waals surface area contributed by atoms with Crippen LogP contribution in [0.15, 0.2) is 30.5 Å². The van der Waals surface area contributed by atoms with Crippen molar-refractivity contribution in [1.82, 2.24) is 10.3 Å². The summed E-state index contributed by atoms with van der Waals surface area (Å²) in [5.41, 5.74) is 0.588. The minimum Gasteiger partial charge on any atom is -0.478 e. The summed E-state index contributed by atoms with van der Waals surface area (Å²) < 4.78 is 0. The SMILES string of the molecule is Cc1cnc(CNC(=O)c2ccc(C(=O)O)cc2)s1. The quantitative estimate of drug-likeness (QED) is 0.896. The van der Waals surface area contributed by atoms with Crippen molar-refractivity contribution in [3.63, 3.8) is 0 Å². The van der Waals surface area contributed by atoms with Gasteiger partial charge in [0.15, 0.2) is 0 Å². The van der Waals surface area contributed by atoms with Gasteiger partial charge in [-0.2, -0.15) is 0 Å². The van der Waals surface area contributed by atoms with Gasteiger partial charge < -0.3 is 10.4 Å². The van der Waals surface area contributed by atoms with Gasteiger partial charge in [-0.15, -0.1) is 11.3 Å². The molecule has 0 atom stereocenters. The monoisotopic (exact) mass is 276 g/mol. The minimum absolute atomic E-state index is 0.159. The number of thiazole rings is 1. The van der Waals surface area contributed by atoms with Crippen LogP contribution in [-0.4, -0.2) is 22.0 Å². The van der Waals surface area contributed by atoms with Crippen LogP contribution in [-0.2, 0) is 6.54 Å². The van der Waals surface area contributed by atoms with Gasteiger partial charge in [0.05, 0.1) is 12.1 Å². The summed E-state index contributed by atoms with van der Waals surface area (Å²) in [6.45, 7) is 2.33. The Labute approximate surface area is 113 Å². The van der Waals surface area contributed by atoms with E-state index >= 15 is 0 Å². The molecule has 19 heavy (non-hydrogen) atoms. The first-order chi connectivity index (χ1) is 9.06. The maximum atomic E-state index is 11.8. The molecule has 0 aliphatic rings. The van der Waals surface area contributed by atoms with Crippen LogP contribution in [0.3, 0.4) is 0 Å². The van der Waals surface area contributed by atoms with Gasteiger partial charge in [0, 0.05) is 16.6 Å². The third kappa shape index (κ3) is 3.38. The molecule has 5 nitrogen and oxygen atoms in total. The predicted molar refractivity (Wildman–Crippen MR) is 71.4 cm³/mol. The number of carboxylic acid groups (broad SMARTS) is 1. The van der Waals surface area contributed by atoms with Crippen LogP contribution in [0.4, 0.5) is 0 Å². The predicted octanol–water partition coefficient (Wildman–Crippen LogP) is 2.08. The minimum atomic E-state index is -1.01.